The number of para-hydroxylation sites is 1. The van der Waals surface area contributed by atoms with Gasteiger partial charge in [0, 0.05) is 17.5 Å². The number of carbonyl (C=O) groups is 2. The van der Waals surface area contributed by atoms with Crippen molar-refractivity contribution in [3.8, 4) is 11.3 Å². The molecule has 5 nitrogen and oxygen atoms in total. The van der Waals surface area contributed by atoms with Crippen LogP contribution in [0.15, 0.2) is 61.2 Å². The van der Waals surface area contributed by atoms with E-state index in [1.54, 1.807) is 12.1 Å². The van der Waals surface area contributed by atoms with E-state index in [1.165, 1.54) is 0 Å². The predicted octanol–water partition coefficient (Wildman–Crippen LogP) is 3.98. The lowest BCUT2D eigenvalue weighted by atomic mass is 9.99. The van der Waals surface area contributed by atoms with Crippen LogP contribution >= 0.6 is 0 Å². The normalized spacial score (nSPS) is 10.5. The van der Waals surface area contributed by atoms with Gasteiger partial charge in [0.15, 0.2) is 6.61 Å². The van der Waals surface area contributed by atoms with Crippen LogP contribution in [0.3, 0.4) is 0 Å². The molecule has 0 bridgehead atoms. The lowest BCUT2D eigenvalue weighted by molar-refractivity contribution is -0.124. The molecule has 1 amide bonds. The molecule has 0 aliphatic carbocycles. The highest BCUT2D eigenvalue weighted by molar-refractivity contribution is 6.05. The molecule has 0 atom stereocenters. The molecule has 1 aromatic heterocycles. The van der Waals surface area contributed by atoms with Gasteiger partial charge in [-0.1, -0.05) is 48.0 Å². The van der Waals surface area contributed by atoms with Crippen molar-refractivity contribution in [2.75, 3.05) is 13.2 Å². The second-order valence-electron chi connectivity index (χ2n) is 6.56. The molecule has 0 unspecified atom stereocenters. The minimum absolute atomic E-state index is 0.325. The second-order valence-corrected chi connectivity index (χ2v) is 6.56. The van der Waals surface area contributed by atoms with Crippen LogP contribution in [0.2, 0.25) is 0 Å². The van der Waals surface area contributed by atoms with Crippen LogP contribution in [-0.2, 0) is 9.53 Å². The zero-order valence-electron chi connectivity index (χ0n) is 16.0. The van der Waals surface area contributed by atoms with Crippen molar-refractivity contribution < 1.29 is 14.3 Å². The number of nitrogens with one attached hydrogen (secondary N) is 1. The Hall–Kier alpha value is -3.47. The van der Waals surface area contributed by atoms with Crippen molar-refractivity contribution >= 4 is 22.8 Å². The van der Waals surface area contributed by atoms with Crippen molar-refractivity contribution in [2.24, 2.45) is 0 Å². The third-order valence-corrected chi connectivity index (χ3v) is 4.37. The Morgan fingerprint density at radius 1 is 1.14 bits per heavy atom. The SMILES string of the molecule is C=CCNC(=O)COC(=O)c1cc(-c2ccc(C)cc2C)nc2ccccc12. The highest BCUT2D eigenvalue weighted by Gasteiger charge is 2.17. The summed E-state index contributed by atoms with van der Waals surface area (Å²) in [6.45, 7) is 7.56. The molecular weight excluding hydrogens is 352 g/mol. The summed E-state index contributed by atoms with van der Waals surface area (Å²) in [6.07, 6.45) is 1.56. The molecule has 0 aliphatic heterocycles. The Kier molecular flexibility index (Phi) is 5.84. The molecule has 0 spiro atoms. The number of benzene rings is 2. The highest BCUT2D eigenvalue weighted by Crippen LogP contribution is 2.28. The first kappa shape index (κ1) is 19.3. The fourth-order valence-electron chi connectivity index (χ4n) is 3.03. The summed E-state index contributed by atoms with van der Waals surface area (Å²) in [4.78, 5) is 29.1. The Morgan fingerprint density at radius 2 is 1.93 bits per heavy atom. The Balaban J connectivity index is 1.97. The molecule has 0 saturated heterocycles. The number of aromatic nitrogens is 1. The third-order valence-electron chi connectivity index (χ3n) is 4.37. The first-order valence-corrected chi connectivity index (χ1v) is 9.01. The lowest BCUT2D eigenvalue weighted by Gasteiger charge is -2.12. The number of pyridine rings is 1. The molecule has 1 N–H and O–H groups in total. The molecule has 0 saturated carbocycles. The summed E-state index contributed by atoms with van der Waals surface area (Å²) >= 11 is 0. The molecule has 142 valence electrons. The lowest BCUT2D eigenvalue weighted by Crippen LogP contribution is -2.28. The Morgan fingerprint density at radius 3 is 2.68 bits per heavy atom. The minimum atomic E-state index is -0.557. The van der Waals surface area contributed by atoms with E-state index in [0.717, 1.165) is 16.7 Å². The van der Waals surface area contributed by atoms with Gasteiger partial charge >= 0.3 is 5.97 Å². The van der Waals surface area contributed by atoms with Gasteiger partial charge in [-0.2, -0.15) is 0 Å². The maximum atomic E-state index is 12.7. The number of hydrogen-bond acceptors (Lipinski definition) is 4. The molecule has 28 heavy (non-hydrogen) atoms. The van der Waals surface area contributed by atoms with Crippen molar-refractivity contribution in [3.05, 3.63) is 77.9 Å². The van der Waals surface area contributed by atoms with Gasteiger partial charge in [-0.15, -0.1) is 6.58 Å². The largest absolute Gasteiger partial charge is 0.452 e. The number of esters is 1. The number of carbonyl (C=O) groups excluding carboxylic acids is 2. The topological polar surface area (TPSA) is 68.3 Å². The van der Waals surface area contributed by atoms with E-state index in [-0.39, 0.29) is 12.5 Å². The summed E-state index contributed by atoms with van der Waals surface area (Å²) in [7, 11) is 0. The first-order chi connectivity index (χ1) is 13.5. The highest BCUT2D eigenvalue weighted by atomic mass is 16.5. The molecule has 1 heterocycles. The van der Waals surface area contributed by atoms with E-state index in [1.807, 2.05) is 50.2 Å². The molecule has 5 heteroatoms. The van der Waals surface area contributed by atoms with Crippen molar-refractivity contribution in [2.45, 2.75) is 13.8 Å². The number of hydrogen-bond donors (Lipinski definition) is 1. The van der Waals surface area contributed by atoms with Crippen LogP contribution in [0.1, 0.15) is 21.5 Å². The smallest absolute Gasteiger partial charge is 0.339 e. The Labute approximate surface area is 164 Å². The van der Waals surface area contributed by atoms with Gasteiger partial charge in [0.25, 0.3) is 5.91 Å². The van der Waals surface area contributed by atoms with Crippen molar-refractivity contribution in [3.63, 3.8) is 0 Å². The summed E-state index contributed by atoms with van der Waals surface area (Å²) in [5, 5.41) is 3.27. The quantitative estimate of drug-likeness (QED) is 0.523. The van der Waals surface area contributed by atoms with Crippen LogP contribution < -0.4 is 5.32 Å². The maximum Gasteiger partial charge on any atom is 0.339 e. The fourth-order valence-corrected chi connectivity index (χ4v) is 3.03. The zero-order chi connectivity index (χ0) is 20.1. The van der Waals surface area contributed by atoms with Crippen LogP contribution in [0, 0.1) is 13.8 Å². The van der Waals surface area contributed by atoms with Crippen LogP contribution in [0.5, 0.6) is 0 Å². The van der Waals surface area contributed by atoms with E-state index in [2.05, 4.69) is 18.0 Å². The average molecular weight is 374 g/mol. The predicted molar refractivity (Wildman–Crippen MR) is 110 cm³/mol. The van der Waals surface area contributed by atoms with E-state index < -0.39 is 5.97 Å². The van der Waals surface area contributed by atoms with E-state index in [4.69, 9.17) is 9.72 Å². The number of fused-ring (bicyclic) bond motifs is 1. The van der Waals surface area contributed by atoms with E-state index in [9.17, 15) is 9.59 Å². The maximum absolute atomic E-state index is 12.7. The van der Waals surface area contributed by atoms with Gasteiger partial charge in [-0.3, -0.25) is 4.79 Å². The first-order valence-electron chi connectivity index (χ1n) is 9.01. The van der Waals surface area contributed by atoms with E-state index >= 15 is 0 Å². The van der Waals surface area contributed by atoms with Gasteiger partial charge in [0.1, 0.15) is 0 Å². The zero-order valence-corrected chi connectivity index (χ0v) is 16.0. The molecule has 0 aliphatic rings. The average Bonchev–Trinajstić information content (AvgIpc) is 2.69. The fraction of sp³-hybridized carbons (Fsp3) is 0.174. The summed E-state index contributed by atoms with van der Waals surface area (Å²) in [5.41, 5.74) is 4.96. The minimum Gasteiger partial charge on any atom is -0.452 e. The van der Waals surface area contributed by atoms with Gasteiger partial charge in [0.05, 0.1) is 16.8 Å². The molecular formula is C23H22N2O3. The summed E-state index contributed by atoms with van der Waals surface area (Å²) in [5.74, 6) is -0.931. The van der Waals surface area contributed by atoms with Gasteiger partial charge < -0.3 is 10.1 Å². The molecule has 3 aromatic rings. The van der Waals surface area contributed by atoms with E-state index in [0.29, 0.717) is 28.7 Å². The molecule has 3 rings (SSSR count). The number of ether oxygens (including phenoxy) is 1. The number of rotatable bonds is 6. The van der Waals surface area contributed by atoms with Gasteiger partial charge in [-0.05, 0) is 31.5 Å². The molecule has 2 aromatic carbocycles. The van der Waals surface area contributed by atoms with Crippen LogP contribution in [-0.4, -0.2) is 30.0 Å². The van der Waals surface area contributed by atoms with Gasteiger partial charge in [-0.25, -0.2) is 9.78 Å². The monoisotopic (exact) mass is 374 g/mol. The standard InChI is InChI=1S/C23H22N2O3/c1-4-11-24-22(26)14-28-23(27)19-13-21(17-10-9-15(2)12-16(17)3)25-20-8-6-5-7-18(19)20/h4-10,12-13H,1,11,14H2,2-3H3,(H,24,26). The number of amides is 1. The molecule has 0 fully saturated rings. The molecule has 0 radical (unpaired) electrons. The number of aryl methyl sites for hydroxylation is 2. The van der Waals surface area contributed by atoms with Crippen LogP contribution in [0.25, 0.3) is 22.2 Å². The Bertz CT molecular complexity index is 1060. The second kappa shape index (κ2) is 8.48. The van der Waals surface area contributed by atoms with Gasteiger partial charge in [0.2, 0.25) is 0 Å². The number of nitrogens with zero attached hydrogens (tertiary/aromatic N) is 1. The summed E-state index contributed by atoms with van der Waals surface area (Å²) in [6, 6.07) is 15.2. The van der Waals surface area contributed by atoms with Crippen molar-refractivity contribution in [1.29, 1.82) is 0 Å². The third kappa shape index (κ3) is 4.26. The van der Waals surface area contributed by atoms with Crippen LogP contribution in [0.4, 0.5) is 0 Å². The van der Waals surface area contributed by atoms with Crippen molar-refractivity contribution in [1.82, 2.24) is 10.3 Å². The summed E-state index contributed by atoms with van der Waals surface area (Å²) < 4.78 is 5.22.